The van der Waals surface area contributed by atoms with E-state index < -0.39 is 5.60 Å². The maximum Gasteiger partial charge on any atom is 0.0644 e. The van der Waals surface area contributed by atoms with E-state index >= 15 is 0 Å². The van der Waals surface area contributed by atoms with Crippen LogP contribution < -0.4 is 0 Å². The van der Waals surface area contributed by atoms with Gasteiger partial charge in [0.15, 0.2) is 0 Å². The van der Waals surface area contributed by atoms with Crippen molar-refractivity contribution in [2.45, 2.75) is 183 Å². The van der Waals surface area contributed by atoms with E-state index in [4.69, 9.17) is 10.2 Å². The number of β-amino-alcohol motifs (C(OH)–C–C–N with tert-alkyl or cyclic N) is 1. The average molecular weight is 958 g/mol. The largest absolute Gasteiger partial charge is 0.395 e. The minimum absolute atomic E-state index is 0.0324. The Bertz CT molecular complexity index is 1110. The molecule has 6 saturated heterocycles. The van der Waals surface area contributed by atoms with Crippen molar-refractivity contribution in [1.82, 2.24) is 49.0 Å². The topological polar surface area (TPSA) is 113 Å². The van der Waals surface area contributed by atoms with E-state index in [9.17, 15) is 10.2 Å². The van der Waals surface area contributed by atoms with Gasteiger partial charge in [0.2, 0.25) is 0 Å². The predicted octanol–water partition coefficient (Wildman–Crippen LogP) is 4.17. The first-order valence-electron chi connectivity index (χ1n) is 27.4. The molecule has 6 rings (SSSR count). The second kappa shape index (κ2) is 35.5. The molecule has 14 nitrogen and oxygen atoms in total. The molecule has 4 N–H and O–H groups in total. The number of likely N-dealkylation sites (N-methyl/N-ethyl adjacent to an activating group) is 3. The second-order valence-corrected chi connectivity index (χ2v) is 22.6. The quantitative estimate of drug-likeness (QED) is 0.238. The van der Waals surface area contributed by atoms with E-state index in [1.165, 1.54) is 78.3 Å². The molecule has 0 aromatic rings. The first-order chi connectivity index (χ1) is 31.5. The number of piperazine rings is 3. The first kappa shape index (κ1) is 64.5. The highest BCUT2D eigenvalue weighted by molar-refractivity contribution is 4.85. The second-order valence-electron chi connectivity index (χ2n) is 22.6. The van der Waals surface area contributed by atoms with E-state index in [0.717, 1.165) is 109 Å². The zero-order valence-corrected chi connectivity index (χ0v) is 47.2. The van der Waals surface area contributed by atoms with Crippen LogP contribution in [-0.4, -0.2) is 289 Å². The van der Waals surface area contributed by atoms with Crippen LogP contribution in [0.5, 0.6) is 0 Å². The third kappa shape index (κ3) is 28.9. The van der Waals surface area contributed by atoms with Crippen LogP contribution in [0.2, 0.25) is 0 Å². The number of likely N-dealkylation sites (tertiary alicyclic amines) is 3. The normalized spacial score (nSPS) is 23.3. The Kier molecular flexibility index (Phi) is 34.2. The summed E-state index contributed by atoms with van der Waals surface area (Å²) in [4.78, 5) is 24.4. The number of nitrogens with zero attached hydrogens (tertiary/aromatic N) is 10. The van der Waals surface area contributed by atoms with E-state index in [1.54, 1.807) is 0 Å². The zero-order valence-electron chi connectivity index (χ0n) is 47.2. The molecule has 67 heavy (non-hydrogen) atoms. The van der Waals surface area contributed by atoms with Crippen LogP contribution in [0.4, 0.5) is 0 Å². The molecule has 0 bridgehead atoms. The number of aliphatic hydroxyl groups is 4. The molecule has 0 aromatic heterocycles. The Labute approximate surface area is 415 Å². The van der Waals surface area contributed by atoms with Crippen LogP contribution in [0.1, 0.15) is 129 Å². The summed E-state index contributed by atoms with van der Waals surface area (Å²) in [5, 5.41) is 36.0. The molecule has 6 heterocycles. The summed E-state index contributed by atoms with van der Waals surface area (Å²) in [6.45, 7) is 52.2. The van der Waals surface area contributed by atoms with Crippen molar-refractivity contribution in [2.24, 2.45) is 0 Å². The standard InChI is InChI=1S/C13H27N3.C9H20N2O.C9H19NO.C8H18N2.C8H17NO.C6H15NO/c1-12(2)15-6-4-13(5-7-15)16-10-8-14(3)9-11-16;1-9(2)11-5-3-10(4-6-11)7-8-12;1-8(2)10-6-4-9(3,11)5-7-10;1-8(2)10-6-4-9(3)5-7-10;1-7(2)9-5-3-8(10)4-6-9;1-6(2)7(3)4-5-8/h12-13H,4-11H2,1-3H3;9,12H,3-8H2,1-2H3;8,11H,4-7H2,1-3H3;8H,4-7H2,1-3H3;7-8,10H,3-6H2,1-2H3;6,8H,4-5H2,1-3H3. The number of rotatable bonds is 11. The summed E-state index contributed by atoms with van der Waals surface area (Å²) in [5.41, 5.74) is -0.397. The van der Waals surface area contributed by atoms with Crippen LogP contribution in [0.15, 0.2) is 0 Å². The molecule has 6 fully saturated rings. The summed E-state index contributed by atoms with van der Waals surface area (Å²) in [6, 6.07) is 4.81. The number of hydrogen-bond acceptors (Lipinski definition) is 14. The highest BCUT2D eigenvalue weighted by atomic mass is 16.3. The van der Waals surface area contributed by atoms with Crippen LogP contribution in [-0.2, 0) is 0 Å². The SMILES string of the molecule is CC(C)N(C)CCO.CC(C)N1CCC(C)(O)CC1.CC(C)N1CCC(N2CCN(C)CC2)CC1.CC(C)N1CCC(O)CC1.CC(C)N1CCN(C)CC1.CC(C)N1CCN(CCO)CC1. The molecular formula is C53H116N10O4. The number of aliphatic hydroxyl groups excluding tert-OH is 3. The third-order valence-electron chi connectivity index (χ3n) is 15.3. The van der Waals surface area contributed by atoms with Crippen LogP contribution in [0.25, 0.3) is 0 Å². The van der Waals surface area contributed by atoms with Crippen molar-refractivity contribution < 1.29 is 20.4 Å². The molecule has 6 aliphatic heterocycles. The van der Waals surface area contributed by atoms with Gasteiger partial charge in [-0.1, -0.05) is 0 Å². The molecule has 0 amide bonds. The monoisotopic (exact) mass is 957 g/mol. The molecule has 6 aliphatic rings. The Morgan fingerprint density at radius 2 is 0.821 bits per heavy atom. The first-order valence-corrected chi connectivity index (χ1v) is 27.4. The zero-order chi connectivity index (χ0) is 50.7. The summed E-state index contributed by atoms with van der Waals surface area (Å²) in [6.07, 6.45) is 6.48. The summed E-state index contributed by atoms with van der Waals surface area (Å²) >= 11 is 0. The van der Waals surface area contributed by atoms with Gasteiger partial charge in [0, 0.05) is 160 Å². The van der Waals surface area contributed by atoms with Crippen molar-refractivity contribution in [3.05, 3.63) is 0 Å². The van der Waals surface area contributed by atoms with Gasteiger partial charge in [-0.15, -0.1) is 0 Å². The fraction of sp³-hybridized carbons (Fsp3) is 1.00. The van der Waals surface area contributed by atoms with E-state index in [2.05, 4.69) is 146 Å². The van der Waals surface area contributed by atoms with Gasteiger partial charge in [-0.05, 0) is 163 Å². The van der Waals surface area contributed by atoms with Gasteiger partial charge >= 0.3 is 0 Å². The lowest BCUT2D eigenvalue weighted by molar-refractivity contribution is -0.0126. The minimum Gasteiger partial charge on any atom is -0.395 e. The lowest BCUT2D eigenvalue weighted by Gasteiger charge is -2.43. The molecule has 0 aromatic carbocycles. The van der Waals surface area contributed by atoms with Crippen molar-refractivity contribution in [2.75, 3.05) is 165 Å². The van der Waals surface area contributed by atoms with Gasteiger partial charge in [0.05, 0.1) is 24.9 Å². The van der Waals surface area contributed by atoms with Crippen molar-refractivity contribution in [3.63, 3.8) is 0 Å². The van der Waals surface area contributed by atoms with E-state index in [0.29, 0.717) is 30.8 Å². The molecular weight excluding hydrogens is 841 g/mol. The molecule has 0 aliphatic carbocycles. The molecule has 14 heteroatoms. The van der Waals surface area contributed by atoms with E-state index in [1.807, 2.05) is 14.0 Å². The highest BCUT2D eigenvalue weighted by Gasteiger charge is 2.29. The number of piperidine rings is 3. The molecule has 0 radical (unpaired) electrons. The smallest absolute Gasteiger partial charge is 0.0644 e. The predicted molar refractivity (Wildman–Crippen MR) is 287 cm³/mol. The van der Waals surface area contributed by atoms with Crippen LogP contribution >= 0.6 is 0 Å². The van der Waals surface area contributed by atoms with Crippen LogP contribution in [0, 0.1) is 0 Å². The van der Waals surface area contributed by atoms with Gasteiger partial charge in [-0.25, -0.2) is 0 Å². The van der Waals surface area contributed by atoms with Gasteiger partial charge in [-0.3, -0.25) is 19.6 Å². The third-order valence-corrected chi connectivity index (χ3v) is 15.3. The van der Waals surface area contributed by atoms with Gasteiger partial charge in [0.25, 0.3) is 0 Å². The minimum atomic E-state index is -0.397. The number of hydrogen-bond donors (Lipinski definition) is 4. The summed E-state index contributed by atoms with van der Waals surface area (Å²) in [5.74, 6) is 0. The lowest BCUT2D eigenvalue weighted by atomic mass is 9.93. The Hall–Kier alpha value is -0.560. The van der Waals surface area contributed by atoms with Gasteiger partial charge in [0.1, 0.15) is 0 Å². The molecule has 0 saturated carbocycles. The van der Waals surface area contributed by atoms with Gasteiger partial charge in [-0.2, -0.15) is 0 Å². The van der Waals surface area contributed by atoms with Crippen molar-refractivity contribution in [1.29, 1.82) is 0 Å². The van der Waals surface area contributed by atoms with Crippen molar-refractivity contribution in [3.8, 4) is 0 Å². The Morgan fingerprint density at radius 3 is 1.16 bits per heavy atom. The van der Waals surface area contributed by atoms with E-state index in [-0.39, 0.29) is 12.7 Å². The molecule has 0 unspecified atom stereocenters. The fourth-order valence-electron chi connectivity index (χ4n) is 9.28. The molecule has 0 spiro atoms. The molecule has 0 atom stereocenters. The van der Waals surface area contributed by atoms with Gasteiger partial charge < -0.3 is 49.8 Å². The summed E-state index contributed by atoms with van der Waals surface area (Å²) < 4.78 is 0. The Morgan fingerprint density at radius 1 is 0.478 bits per heavy atom. The lowest BCUT2D eigenvalue weighted by Crippen LogP contribution is -2.53. The molecule has 402 valence electrons. The van der Waals surface area contributed by atoms with Crippen LogP contribution in [0.3, 0.4) is 0 Å². The summed E-state index contributed by atoms with van der Waals surface area (Å²) in [7, 11) is 6.43. The van der Waals surface area contributed by atoms with Crippen molar-refractivity contribution >= 4 is 0 Å². The fourth-order valence-corrected chi connectivity index (χ4v) is 9.28. The average Bonchev–Trinajstić information content (AvgIpc) is 3.28. The maximum absolute atomic E-state index is 9.65. The highest BCUT2D eigenvalue weighted by Crippen LogP contribution is 2.22. The Balaban J connectivity index is 0.000000408. The maximum atomic E-state index is 9.65.